The Morgan fingerprint density at radius 3 is 2.48 bits per heavy atom. The standard InChI is InChI=1S/C20H21ClN2O6/c1-27-18-8-12-6-7-22(16-5-4-13(23(25)26)9-15(16)21)17(11-20(24)29-3)14(12)10-19(18)28-2/h4-5,8-10,17H,6-7,11H2,1-3H3/t17-/m0/s1. The molecule has 1 atom stereocenters. The number of nitro benzene ring substituents is 1. The smallest absolute Gasteiger partial charge is 0.307 e. The predicted octanol–water partition coefficient (Wildman–Crippen LogP) is 3.93. The highest BCUT2D eigenvalue weighted by atomic mass is 35.5. The van der Waals surface area contributed by atoms with Gasteiger partial charge in [0.05, 0.1) is 49.4 Å². The minimum Gasteiger partial charge on any atom is -0.493 e. The first kappa shape index (κ1) is 20.7. The van der Waals surface area contributed by atoms with Crippen molar-refractivity contribution in [2.24, 2.45) is 0 Å². The first-order valence-electron chi connectivity index (χ1n) is 8.91. The van der Waals surface area contributed by atoms with Gasteiger partial charge in [-0.25, -0.2) is 0 Å². The minimum absolute atomic E-state index is 0.0896. The molecule has 9 heteroatoms. The second-order valence-corrected chi connectivity index (χ2v) is 6.95. The summed E-state index contributed by atoms with van der Waals surface area (Å²) in [5.74, 6) is 0.795. The van der Waals surface area contributed by atoms with Crippen molar-refractivity contribution in [3.8, 4) is 11.5 Å². The topological polar surface area (TPSA) is 91.1 Å². The van der Waals surface area contributed by atoms with Crippen molar-refractivity contribution >= 4 is 28.9 Å². The van der Waals surface area contributed by atoms with Crippen LogP contribution in [-0.2, 0) is 16.0 Å². The van der Waals surface area contributed by atoms with Crippen molar-refractivity contribution in [1.29, 1.82) is 0 Å². The number of ether oxygens (including phenoxy) is 3. The molecule has 0 bridgehead atoms. The molecule has 0 spiro atoms. The van der Waals surface area contributed by atoms with Crippen LogP contribution in [0, 0.1) is 10.1 Å². The summed E-state index contributed by atoms with van der Waals surface area (Å²) in [4.78, 5) is 24.6. The molecular formula is C20H21ClN2O6. The molecule has 1 heterocycles. The molecule has 0 fully saturated rings. The Morgan fingerprint density at radius 1 is 1.21 bits per heavy atom. The van der Waals surface area contributed by atoms with Gasteiger partial charge in [0.1, 0.15) is 0 Å². The Labute approximate surface area is 173 Å². The maximum Gasteiger partial charge on any atom is 0.307 e. The van der Waals surface area contributed by atoms with Gasteiger partial charge in [-0.05, 0) is 35.7 Å². The summed E-state index contributed by atoms with van der Waals surface area (Å²) in [5.41, 5.74) is 2.46. The number of non-ortho nitro benzene ring substituents is 1. The maximum atomic E-state index is 12.1. The molecule has 0 amide bonds. The van der Waals surface area contributed by atoms with Crippen LogP contribution in [0.1, 0.15) is 23.6 Å². The summed E-state index contributed by atoms with van der Waals surface area (Å²) in [6, 6.07) is 7.72. The molecule has 0 saturated carbocycles. The number of rotatable bonds is 6. The molecule has 1 aliphatic rings. The van der Waals surface area contributed by atoms with E-state index in [9.17, 15) is 14.9 Å². The summed E-state index contributed by atoms with van der Waals surface area (Å²) in [6.45, 7) is 0.571. The zero-order chi connectivity index (χ0) is 21.1. The van der Waals surface area contributed by atoms with Crippen molar-refractivity contribution in [3.63, 3.8) is 0 Å². The molecule has 0 N–H and O–H groups in total. The van der Waals surface area contributed by atoms with E-state index >= 15 is 0 Å². The summed E-state index contributed by atoms with van der Waals surface area (Å²) in [6.07, 6.45) is 0.771. The normalized spacial score (nSPS) is 15.4. The Morgan fingerprint density at radius 2 is 1.90 bits per heavy atom. The van der Waals surface area contributed by atoms with E-state index in [0.717, 1.165) is 11.1 Å². The van der Waals surface area contributed by atoms with Gasteiger partial charge in [0, 0.05) is 18.7 Å². The first-order valence-corrected chi connectivity index (χ1v) is 9.29. The van der Waals surface area contributed by atoms with Crippen LogP contribution >= 0.6 is 11.6 Å². The van der Waals surface area contributed by atoms with Crippen LogP contribution in [0.4, 0.5) is 11.4 Å². The van der Waals surface area contributed by atoms with E-state index in [2.05, 4.69) is 0 Å². The lowest BCUT2D eigenvalue weighted by molar-refractivity contribution is -0.384. The average Bonchev–Trinajstić information content (AvgIpc) is 2.72. The highest BCUT2D eigenvalue weighted by Crippen LogP contribution is 2.43. The molecule has 154 valence electrons. The number of hydrogen-bond acceptors (Lipinski definition) is 7. The molecule has 2 aromatic rings. The number of carbonyl (C=O) groups excluding carboxylic acids is 1. The Balaban J connectivity index is 2.09. The SMILES string of the molecule is COC(=O)C[C@H]1c2cc(OC)c(OC)cc2CCN1c1ccc([N+](=O)[O-])cc1Cl. The molecule has 29 heavy (non-hydrogen) atoms. The van der Waals surface area contributed by atoms with Gasteiger partial charge in [0.15, 0.2) is 11.5 Å². The quantitative estimate of drug-likeness (QED) is 0.397. The van der Waals surface area contributed by atoms with Crippen molar-refractivity contribution < 1.29 is 23.9 Å². The molecule has 2 aromatic carbocycles. The lowest BCUT2D eigenvalue weighted by Crippen LogP contribution is -2.37. The number of benzene rings is 2. The zero-order valence-corrected chi connectivity index (χ0v) is 17.1. The molecule has 3 rings (SSSR count). The highest BCUT2D eigenvalue weighted by molar-refractivity contribution is 6.33. The number of anilines is 1. The molecule has 0 aromatic heterocycles. The van der Waals surface area contributed by atoms with Crippen LogP contribution in [0.5, 0.6) is 11.5 Å². The number of halogens is 1. The van der Waals surface area contributed by atoms with Gasteiger partial charge in [-0.2, -0.15) is 0 Å². The Hall–Kier alpha value is -3.00. The van der Waals surface area contributed by atoms with Crippen LogP contribution in [0.25, 0.3) is 0 Å². The van der Waals surface area contributed by atoms with Crippen molar-refractivity contribution in [2.45, 2.75) is 18.9 Å². The molecule has 0 saturated heterocycles. The second kappa shape index (κ2) is 8.57. The summed E-state index contributed by atoms with van der Waals surface area (Å²) < 4.78 is 15.7. The maximum absolute atomic E-state index is 12.1. The number of methoxy groups -OCH3 is 3. The third kappa shape index (κ3) is 4.07. The molecule has 0 unspecified atom stereocenters. The van der Waals surface area contributed by atoms with Crippen LogP contribution in [0.2, 0.25) is 5.02 Å². The summed E-state index contributed by atoms with van der Waals surface area (Å²) in [7, 11) is 4.46. The largest absolute Gasteiger partial charge is 0.493 e. The number of nitrogens with zero attached hydrogens (tertiary/aromatic N) is 2. The van der Waals surface area contributed by atoms with Gasteiger partial charge in [-0.3, -0.25) is 14.9 Å². The number of esters is 1. The monoisotopic (exact) mass is 420 g/mol. The van der Waals surface area contributed by atoms with E-state index in [1.165, 1.54) is 19.2 Å². The summed E-state index contributed by atoms with van der Waals surface area (Å²) >= 11 is 6.37. The second-order valence-electron chi connectivity index (χ2n) is 6.54. The molecule has 0 aliphatic carbocycles. The van der Waals surface area contributed by atoms with Crippen LogP contribution < -0.4 is 14.4 Å². The number of nitro groups is 1. The molecular weight excluding hydrogens is 400 g/mol. The van der Waals surface area contributed by atoms with E-state index in [1.54, 1.807) is 20.3 Å². The third-order valence-electron chi connectivity index (χ3n) is 5.04. The lowest BCUT2D eigenvalue weighted by Gasteiger charge is -2.39. The van der Waals surface area contributed by atoms with E-state index in [-0.39, 0.29) is 29.1 Å². The summed E-state index contributed by atoms with van der Waals surface area (Å²) in [5, 5.41) is 11.3. The number of hydrogen-bond donors (Lipinski definition) is 0. The van der Waals surface area contributed by atoms with E-state index < -0.39 is 4.92 Å². The predicted molar refractivity (Wildman–Crippen MR) is 108 cm³/mol. The molecule has 8 nitrogen and oxygen atoms in total. The van der Waals surface area contributed by atoms with Crippen molar-refractivity contribution in [1.82, 2.24) is 0 Å². The first-order chi connectivity index (χ1) is 13.9. The highest BCUT2D eigenvalue weighted by Gasteiger charge is 2.32. The third-order valence-corrected chi connectivity index (χ3v) is 5.34. The average molecular weight is 421 g/mol. The van der Waals surface area contributed by atoms with E-state index in [0.29, 0.717) is 30.2 Å². The van der Waals surface area contributed by atoms with Crippen LogP contribution in [-0.4, -0.2) is 38.8 Å². The van der Waals surface area contributed by atoms with Gasteiger partial charge < -0.3 is 19.1 Å². The Bertz CT molecular complexity index is 949. The number of carbonyl (C=O) groups is 1. The fourth-order valence-electron chi connectivity index (χ4n) is 3.62. The van der Waals surface area contributed by atoms with E-state index in [4.69, 9.17) is 25.8 Å². The van der Waals surface area contributed by atoms with Gasteiger partial charge in [-0.15, -0.1) is 0 Å². The van der Waals surface area contributed by atoms with Gasteiger partial charge in [-0.1, -0.05) is 11.6 Å². The minimum atomic E-state index is -0.496. The molecule has 0 radical (unpaired) electrons. The lowest BCUT2D eigenvalue weighted by atomic mass is 9.89. The zero-order valence-electron chi connectivity index (χ0n) is 16.3. The number of fused-ring (bicyclic) bond motifs is 1. The Kier molecular flexibility index (Phi) is 6.12. The van der Waals surface area contributed by atoms with Gasteiger partial charge in [0.2, 0.25) is 0 Å². The van der Waals surface area contributed by atoms with Crippen molar-refractivity contribution in [2.75, 3.05) is 32.8 Å². The van der Waals surface area contributed by atoms with Crippen LogP contribution in [0.3, 0.4) is 0 Å². The van der Waals surface area contributed by atoms with Crippen molar-refractivity contribution in [3.05, 3.63) is 56.6 Å². The molecule has 1 aliphatic heterocycles. The van der Waals surface area contributed by atoms with E-state index in [1.807, 2.05) is 17.0 Å². The van der Waals surface area contributed by atoms with Gasteiger partial charge in [0.25, 0.3) is 5.69 Å². The van der Waals surface area contributed by atoms with Crippen LogP contribution in [0.15, 0.2) is 30.3 Å². The fourth-order valence-corrected chi connectivity index (χ4v) is 3.90. The fraction of sp³-hybridized carbons (Fsp3) is 0.350. The van der Waals surface area contributed by atoms with Gasteiger partial charge >= 0.3 is 5.97 Å².